The maximum atomic E-state index is 11.6. The molecule has 0 aromatic heterocycles. The Bertz CT molecular complexity index is 841. The molecular weight excluding hydrogens is 481 g/mol. The summed E-state index contributed by atoms with van der Waals surface area (Å²) in [5.41, 5.74) is 1.42. The van der Waals surface area contributed by atoms with E-state index in [0.717, 1.165) is 10.0 Å². The van der Waals surface area contributed by atoms with Crippen LogP contribution in [-0.4, -0.2) is 24.2 Å². The first kappa shape index (κ1) is 23.8. The maximum Gasteiger partial charge on any atom is 0.320 e. The Morgan fingerprint density at radius 1 is 1.17 bits per heavy atom. The zero-order valence-electron chi connectivity index (χ0n) is 16.5. The van der Waals surface area contributed by atoms with Crippen molar-refractivity contribution < 1.29 is 19.4 Å². The molecule has 0 aliphatic heterocycles. The zero-order chi connectivity index (χ0) is 21.6. The van der Waals surface area contributed by atoms with Crippen LogP contribution in [0.4, 0.5) is 0 Å². The van der Waals surface area contributed by atoms with Crippen LogP contribution < -0.4 is 14.8 Å². The fourth-order valence-corrected chi connectivity index (χ4v) is 3.81. The lowest BCUT2D eigenvalue weighted by atomic mass is 10.0. The Kier molecular flexibility index (Phi) is 9.08. The van der Waals surface area contributed by atoms with Crippen LogP contribution in [0, 0.1) is 5.92 Å². The van der Waals surface area contributed by atoms with Crippen LogP contribution in [0.25, 0.3) is 0 Å². The number of carboxylic acids is 1. The molecule has 5 nitrogen and oxygen atoms in total. The highest BCUT2D eigenvalue weighted by atomic mass is 79.9. The van der Waals surface area contributed by atoms with Crippen LogP contribution in [-0.2, 0) is 17.9 Å². The molecule has 2 rings (SSSR count). The van der Waals surface area contributed by atoms with Crippen molar-refractivity contribution in [1.82, 2.24) is 5.32 Å². The van der Waals surface area contributed by atoms with Gasteiger partial charge in [-0.3, -0.25) is 4.79 Å². The summed E-state index contributed by atoms with van der Waals surface area (Å²) in [6.07, 6.45) is 0.516. The Labute approximate surface area is 189 Å². The van der Waals surface area contributed by atoms with Crippen LogP contribution in [0.3, 0.4) is 0 Å². The van der Waals surface area contributed by atoms with Gasteiger partial charge in [-0.15, -0.1) is 0 Å². The molecule has 2 N–H and O–H groups in total. The van der Waals surface area contributed by atoms with E-state index in [2.05, 4.69) is 21.2 Å². The summed E-state index contributed by atoms with van der Waals surface area (Å²) in [7, 11) is 1.55. The molecule has 0 radical (unpaired) electrons. The molecule has 0 bridgehead atoms. The van der Waals surface area contributed by atoms with Gasteiger partial charge >= 0.3 is 5.97 Å². The fraction of sp³-hybridized carbons (Fsp3) is 0.381. The van der Waals surface area contributed by atoms with E-state index in [0.29, 0.717) is 33.5 Å². The third-order valence-electron chi connectivity index (χ3n) is 4.34. The number of benzene rings is 2. The molecule has 2 aromatic carbocycles. The van der Waals surface area contributed by atoms with Gasteiger partial charge in [0.1, 0.15) is 12.6 Å². The molecule has 0 saturated heterocycles. The maximum absolute atomic E-state index is 11.6. The van der Waals surface area contributed by atoms with E-state index >= 15 is 0 Å². The van der Waals surface area contributed by atoms with Crippen LogP contribution in [0.2, 0.25) is 10.0 Å². The number of rotatable bonds is 10. The molecule has 0 heterocycles. The van der Waals surface area contributed by atoms with E-state index in [1.54, 1.807) is 31.4 Å². The molecule has 0 aliphatic carbocycles. The molecule has 8 heteroatoms. The number of methoxy groups -OCH3 is 1. The molecule has 29 heavy (non-hydrogen) atoms. The zero-order valence-corrected chi connectivity index (χ0v) is 19.6. The fourth-order valence-electron chi connectivity index (χ4n) is 2.85. The molecule has 0 spiro atoms. The van der Waals surface area contributed by atoms with Crippen molar-refractivity contribution in [2.45, 2.75) is 39.5 Å². The van der Waals surface area contributed by atoms with Crippen molar-refractivity contribution in [2.24, 2.45) is 5.92 Å². The molecule has 0 saturated carbocycles. The second-order valence-electron chi connectivity index (χ2n) is 6.95. The van der Waals surface area contributed by atoms with Gasteiger partial charge in [-0.25, -0.2) is 0 Å². The van der Waals surface area contributed by atoms with Crippen molar-refractivity contribution >= 4 is 45.1 Å². The van der Waals surface area contributed by atoms with Gasteiger partial charge in [0.05, 0.1) is 7.11 Å². The van der Waals surface area contributed by atoms with Gasteiger partial charge in [0.25, 0.3) is 0 Å². The molecular formula is C21H24BrCl2NO4. The first-order valence-electron chi connectivity index (χ1n) is 9.11. The van der Waals surface area contributed by atoms with Crippen molar-refractivity contribution in [2.75, 3.05) is 7.11 Å². The summed E-state index contributed by atoms with van der Waals surface area (Å²) < 4.78 is 12.3. The summed E-state index contributed by atoms with van der Waals surface area (Å²) >= 11 is 16.0. The topological polar surface area (TPSA) is 67.8 Å². The Balaban J connectivity index is 2.29. The van der Waals surface area contributed by atoms with E-state index in [4.69, 9.17) is 32.7 Å². The third-order valence-corrected chi connectivity index (χ3v) is 5.79. The van der Waals surface area contributed by atoms with Crippen molar-refractivity contribution in [1.29, 1.82) is 0 Å². The first-order chi connectivity index (χ1) is 13.7. The minimum Gasteiger partial charge on any atom is -0.493 e. The lowest BCUT2D eigenvalue weighted by Crippen LogP contribution is -2.37. The second kappa shape index (κ2) is 11.1. The number of ether oxygens (including phenoxy) is 2. The van der Waals surface area contributed by atoms with Gasteiger partial charge in [-0.2, -0.15) is 0 Å². The van der Waals surface area contributed by atoms with Crippen molar-refractivity contribution in [3.8, 4) is 11.5 Å². The predicted octanol–water partition coefficient (Wildman–Crippen LogP) is 5.93. The third kappa shape index (κ3) is 6.51. The van der Waals surface area contributed by atoms with Crippen molar-refractivity contribution in [3.05, 3.63) is 56.0 Å². The van der Waals surface area contributed by atoms with E-state index in [9.17, 15) is 9.90 Å². The number of halogens is 3. The smallest absolute Gasteiger partial charge is 0.320 e. The highest BCUT2D eigenvalue weighted by Gasteiger charge is 2.21. The first-order valence-corrected chi connectivity index (χ1v) is 10.7. The largest absolute Gasteiger partial charge is 0.493 e. The summed E-state index contributed by atoms with van der Waals surface area (Å²) in [5, 5.41) is 13.6. The van der Waals surface area contributed by atoms with E-state index in [-0.39, 0.29) is 19.1 Å². The van der Waals surface area contributed by atoms with E-state index in [1.165, 1.54) is 0 Å². The van der Waals surface area contributed by atoms with Gasteiger partial charge in [0, 0.05) is 32.2 Å². The molecule has 2 aromatic rings. The van der Waals surface area contributed by atoms with Crippen LogP contribution in [0.1, 0.15) is 31.4 Å². The van der Waals surface area contributed by atoms with Gasteiger partial charge < -0.3 is 19.9 Å². The highest BCUT2D eigenvalue weighted by molar-refractivity contribution is 9.10. The monoisotopic (exact) mass is 503 g/mol. The molecule has 0 aliphatic rings. The normalized spacial score (nSPS) is 12.1. The van der Waals surface area contributed by atoms with Crippen molar-refractivity contribution in [3.63, 3.8) is 0 Å². The average Bonchev–Trinajstić information content (AvgIpc) is 2.65. The number of hydrogen-bond acceptors (Lipinski definition) is 4. The minimum atomic E-state index is -0.886. The predicted molar refractivity (Wildman–Crippen MR) is 119 cm³/mol. The summed E-state index contributed by atoms with van der Waals surface area (Å²) in [6.45, 7) is 4.40. The average molecular weight is 505 g/mol. The summed E-state index contributed by atoms with van der Waals surface area (Å²) in [5.74, 6) is 0.390. The Hall–Kier alpha value is -1.47. The standard InChI is InChI=1S/C21H24BrCl2NO4/c1-12(2)9-18(21(26)27)25-10-13-15(22)7-8-19(28-3)20(13)29-11-14-16(23)5-4-6-17(14)24/h4-8,12,18,25H,9-11H2,1-3H3,(H,26,27). The van der Waals surface area contributed by atoms with Gasteiger partial charge in [-0.05, 0) is 36.6 Å². The lowest BCUT2D eigenvalue weighted by Gasteiger charge is -2.20. The summed E-state index contributed by atoms with van der Waals surface area (Å²) in [6, 6.07) is 8.21. The molecule has 0 fully saturated rings. The lowest BCUT2D eigenvalue weighted by molar-refractivity contribution is -0.140. The summed E-state index contributed by atoms with van der Waals surface area (Å²) in [4.78, 5) is 11.6. The quantitative estimate of drug-likeness (QED) is 0.419. The minimum absolute atomic E-state index is 0.146. The van der Waals surface area contributed by atoms with Crippen LogP contribution in [0.5, 0.6) is 11.5 Å². The molecule has 1 unspecified atom stereocenters. The Morgan fingerprint density at radius 2 is 1.83 bits per heavy atom. The number of carbonyl (C=O) groups is 1. The Morgan fingerprint density at radius 3 is 2.38 bits per heavy atom. The van der Waals surface area contributed by atoms with Crippen LogP contribution >= 0.6 is 39.1 Å². The highest BCUT2D eigenvalue weighted by Crippen LogP contribution is 2.38. The molecule has 158 valence electrons. The SMILES string of the molecule is COc1ccc(Br)c(CNC(CC(C)C)C(=O)O)c1OCc1c(Cl)cccc1Cl. The second-order valence-corrected chi connectivity index (χ2v) is 8.62. The molecule has 1 atom stereocenters. The van der Waals surface area contributed by atoms with E-state index < -0.39 is 12.0 Å². The molecule has 0 amide bonds. The number of nitrogens with one attached hydrogen (secondary N) is 1. The van der Waals surface area contributed by atoms with Crippen LogP contribution in [0.15, 0.2) is 34.8 Å². The number of carboxylic acid groups (broad SMARTS) is 1. The number of hydrogen-bond donors (Lipinski definition) is 2. The van der Waals surface area contributed by atoms with E-state index in [1.807, 2.05) is 19.9 Å². The van der Waals surface area contributed by atoms with Gasteiger partial charge in [0.15, 0.2) is 11.5 Å². The van der Waals surface area contributed by atoms with Gasteiger partial charge in [0.2, 0.25) is 0 Å². The van der Waals surface area contributed by atoms with Gasteiger partial charge in [-0.1, -0.05) is 59.0 Å². The number of aliphatic carboxylic acids is 1.